The highest BCUT2D eigenvalue weighted by Gasteiger charge is 1.93. The molecule has 0 radical (unpaired) electrons. The first-order valence-corrected chi connectivity index (χ1v) is 14.2. The highest BCUT2D eigenvalue weighted by molar-refractivity contribution is 4.88. The Morgan fingerprint density at radius 1 is 0.267 bits per heavy atom. The normalized spacial score (nSPS) is 11.9. The lowest BCUT2D eigenvalue weighted by Crippen LogP contribution is -1.81. The van der Waals surface area contributed by atoms with Gasteiger partial charge in [-0.15, -0.1) is 0 Å². The first kappa shape index (κ1) is 29.5. The van der Waals surface area contributed by atoms with E-state index in [1.807, 2.05) is 0 Å². The van der Waals surface area contributed by atoms with Crippen molar-refractivity contribution in [1.82, 2.24) is 0 Å². The van der Waals surface area contributed by atoms with Gasteiger partial charge in [0.2, 0.25) is 0 Å². The molecule has 0 spiro atoms. The monoisotopic (exact) mass is 418 g/mol. The molecule has 0 aromatic rings. The Hall–Kier alpha value is -0.520. The fraction of sp³-hybridized carbons (Fsp3) is 0.867. The maximum absolute atomic E-state index is 2.42. The third kappa shape index (κ3) is 27.5. The van der Waals surface area contributed by atoms with Gasteiger partial charge in [-0.2, -0.15) is 0 Å². The molecule has 0 saturated heterocycles. The van der Waals surface area contributed by atoms with Crippen LogP contribution < -0.4 is 0 Å². The Morgan fingerprint density at radius 3 is 0.800 bits per heavy atom. The largest absolute Gasteiger partial charge is 0.0885 e. The lowest BCUT2D eigenvalue weighted by molar-refractivity contribution is 0.557. The molecule has 0 heteroatoms. The average Bonchev–Trinajstić information content (AvgIpc) is 2.76. The van der Waals surface area contributed by atoms with Gasteiger partial charge < -0.3 is 0 Å². The molecule has 0 fully saturated rings. The molecular weight excluding hydrogens is 360 g/mol. The van der Waals surface area contributed by atoms with Crippen LogP contribution in [0.15, 0.2) is 24.3 Å². The van der Waals surface area contributed by atoms with E-state index in [0.29, 0.717) is 0 Å². The summed E-state index contributed by atoms with van der Waals surface area (Å²) in [4.78, 5) is 0. The van der Waals surface area contributed by atoms with Gasteiger partial charge in [0, 0.05) is 0 Å². The third-order valence-corrected chi connectivity index (χ3v) is 6.28. The van der Waals surface area contributed by atoms with E-state index in [4.69, 9.17) is 0 Å². The summed E-state index contributed by atoms with van der Waals surface area (Å²) in [6.07, 6.45) is 43.4. The van der Waals surface area contributed by atoms with Gasteiger partial charge >= 0.3 is 0 Å². The van der Waals surface area contributed by atoms with Crippen LogP contribution in [0.2, 0.25) is 0 Å². The Balaban J connectivity index is 3.14. The van der Waals surface area contributed by atoms with Crippen LogP contribution in [0.1, 0.15) is 168 Å². The molecule has 0 nitrogen and oxygen atoms in total. The van der Waals surface area contributed by atoms with Crippen LogP contribution in [0.25, 0.3) is 0 Å². The zero-order chi connectivity index (χ0) is 21.8. The summed E-state index contributed by atoms with van der Waals surface area (Å²) in [7, 11) is 0. The predicted octanol–water partition coefficient (Wildman–Crippen LogP) is 11.5. The van der Waals surface area contributed by atoms with Gasteiger partial charge in [-0.05, 0) is 38.5 Å². The van der Waals surface area contributed by atoms with Gasteiger partial charge in [-0.25, -0.2) is 0 Å². The summed E-state index contributed by atoms with van der Waals surface area (Å²) < 4.78 is 0. The van der Waals surface area contributed by atoms with Crippen molar-refractivity contribution in [2.45, 2.75) is 168 Å². The minimum absolute atomic E-state index is 1.23. The molecule has 30 heavy (non-hydrogen) atoms. The minimum Gasteiger partial charge on any atom is -0.0885 e. The second-order valence-electron chi connectivity index (χ2n) is 9.46. The van der Waals surface area contributed by atoms with Crippen molar-refractivity contribution in [2.24, 2.45) is 0 Å². The molecule has 0 atom stereocenters. The first-order chi connectivity index (χ1) is 14.9. The zero-order valence-electron chi connectivity index (χ0n) is 21.3. The summed E-state index contributed by atoms with van der Waals surface area (Å²) in [5.41, 5.74) is 0. The van der Waals surface area contributed by atoms with Crippen LogP contribution in [-0.2, 0) is 0 Å². The second kappa shape index (κ2) is 28.5. The maximum Gasteiger partial charge on any atom is -0.0316 e. The van der Waals surface area contributed by atoms with E-state index >= 15 is 0 Å². The number of hydrogen-bond acceptors (Lipinski definition) is 0. The molecule has 0 saturated carbocycles. The van der Waals surface area contributed by atoms with Crippen molar-refractivity contribution in [3.63, 3.8) is 0 Å². The molecule has 0 amide bonds. The van der Waals surface area contributed by atoms with Gasteiger partial charge in [0.1, 0.15) is 0 Å². The average molecular weight is 419 g/mol. The number of hydrogen-bond donors (Lipinski definition) is 0. The smallest absolute Gasteiger partial charge is 0.0316 e. The molecule has 0 bridgehead atoms. The maximum atomic E-state index is 2.42. The molecule has 0 unspecified atom stereocenters. The van der Waals surface area contributed by atoms with Gasteiger partial charge in [0.25, 0.3) is 0 Å². The Bertz CT molecular complexity index is 304. The van der Waals surface area contributed by atoms with Crippen LogP contribution >= 0.6 is 0 Å². The van der Waals surface area contributed by atoms with Gasteiger partial charge in [0.15, 0.2) is 0 Å². The molecule has 0 N–H and O–H groups in total. The molecule has 0 aliphatic heterocycles. The fourth-order valence-electron chi connectivity index (χ4n) is 4.16. The van der Waals surface area contributed by atoms with E-state index in [1.54, 1.807) is 0 Å². The minimum atomic E-state index is 1.23. The van der Waals surface area contributed by atoms with Crippen LogP contribution in [-0.4, -0.2) is 0 Å². The Morgan fingerprint density at radius 2 is 0.500 bits per heavy atom. The first-order valence-electron chi connectivity index (χ1n) is 14.2. The van der Waals surface area contributed by atoms with E-state index in [-0.39, 0.29) is 0 Å². The molecule has 0 aromatic carbocycles. The SMILES string of the molecule is CCCCCCCCCCCC/C=C\CC/C=C\CCCCCCCCCCCC. The molecule has 0 aliphatic rings. The predicted molar refractivity (Wildman–Crippen MR) is 140 cm³/mol. The number of unbranched alkanes of at least 4 members (excludes halogenated alkanes) is 21. The number of allylic oxidation sites excluding steroid dienone is 4. The van der Waals surface area contributed by atoms with Crippen molar-refractivity contribution in [3.8, 4) is 0 Å². The van der Waals surface area contributed by atoms with E-state index < -0.39 is 0 Å². The van der Waals surface area contributed by atoms with Crippen molar-refractivity contribution >= 4 is 0 Å². The quantitative estimate of drug-likeness (QED) is 0.102. The summed E-state index contributed by atoms with van der Waals surface area (Å²) in [5.74, 6) is 0. The third-order valence-electron chi connectivity index (χ3n) is 6.28. The van der Waals surface area contributed by atoms with E-state index in [0.717, 1.165) is 0 Å². The van der Waals surface area contributed by atoms with Gasteiger partial charge in [0.05, 0.1) is 0 Å². The highest BCUT2D eigenvalue weighted by atomic mass is 14.0. The van der Waals surface area contributed by atoms with Crippen molar-refractivity contribution in [1.29, 1.82) is 0 Å². The van der Waals surface area contributed by atoms with Crippen molar-refractivity contribution < 1.29 is 0 Å². The standard InChI is InChI=1S/C30H58/c1-3-5-7-9-11-13-15-17-19-21-23-25-27-29-30-28-26-24-22-20-18-16-14-12-10-8-6-4-2/h25-28H,3-24,29-30H2,1-2H3/b27-25-,28-26-. The van der Waals surface area contributed by atoms with Crippen LogP contribution in [0.4, 0.5) is 0 Å². The van der Waals surface area contributed by atoms with E-state index in [9.17, 15) is 0 Å². The fourth-order valence-corrected chi connectivity index (χ4v) is 4.16. The van der Waals surface area contributed by atoms with Crippen molar-refractivity contribution in [2.75, 3.05) is 0 Å². The second-order valence-corrected chi connectivity index (χ2v) is 9.46. The number of rotatable bonds is 25. The van der Waals surface area contributed by atoms with Gasteiger partial charge in [-0.3, -0.25) is 0 Å². The van der Waals surface area contributed by atoms with Crippen LogP contribution in [0.5, 0.6) is 0 Å². The topological polar surface area (TPSA) is 0 Å². The molecule has 0 aromatic heterocycles. The summed E-state index contributed by atoms with van der Waals surface area (Å²) >= 11 is 0. The van der Waals surface area contributed by atoms with E-state index in [1.165, 1.54) is 154 Å². The summed E-state index contributed by atoms with van der Waals surface area (Å²) in [6.45, 7) is 4.59. The zero-order valence-corrected chi connectivity index (χ0v) is 21.3. The summed E-state index contributed by atoms with van der Waals surface area (Å²) in [5, 5.41) is 0. The van der Waals surface area contributed by atoms with E-state index in [2.05, 4.69) is 38.2 Å². The lowest BCUT2D eigenvalue weighted by Gasteiger charge is -2.01. The molecule has 178 valence electrons. The Kier molecular flexibility index (Phi) is 28.0. The van der Waals surface area contributed by atoms with Crippen LogP contribution in [0.3, 0.4) is 0 Å². The molecule has 0 rings (SSSR count). The highest BCUT2D eigenvalue weighted by Crippen LogP contribution is 2.13. The Labute approximate surface area is 192 Å². The van der Waals surface area contributed by atoms with Crippen molar-refractivity contribution in [3.05, 3.63) is 24.3 Å². The molecular formula is C30H58. The van der Waals surface area contributed by atoms with Crippen LogP contribution in [0, 0.1) is 0 Å². The van der Waals surface area contributed by atoms with Gasteiger partial charge in [-0.1, -0.05) is 154 Å². The summed E-state index contributed by atoms with van der Waals surface area (Å²) in [6, 6.07) is 0. The molecule has 0 heterocycles. The molecule has 0 aliphatic carbocycles. The lowest BCUT2D eigenvalue weighted by atomic mass is 10.1.